The molecule has 2 heterocycles. The van der Waals surface area contributed by atoms with Gasteiger partial charge in [-0.2, -0.15) is 0 Å². The monoisotopic (exact) mass is 316 g/mol. The van der Waals surface area contributed by atoms with Gasteiger partial charge in [0, 0.05) is 19.2 Å². The van der Waals surface area contributed by atoms with Gasteiger partial charge in [0.05, 0.1) is 12.6 Å². The van der Waals surface area contributed by atoms with Crippen LogP contribution in [0.15, 0.2) is 15.4 Å². The maximum absolute atomic E-state index is 12.3. The highest BCUT2D eigenvalue weighted by Crippen LogP contribution is 2.20. The molecule has 0 amide bonds. The van der Waals surface area contributed by atoms with Crippen LogP contribution in [-0.2, 0) is 21.3 Å². The average Bonchev–Trinajstić information content (AvgIpc) is 2.82. The zero-order chi connectivity index (χ0) is 15.3. The lowest BCUT2D eigenvalue weighted by molar-refractivity contribution is 0.0123. The third-order valence-corrected chi connectivity index (χ3v) is 5.16. The van der Waals surface area contributed by atoms with Crippen molar-refractivity contribution in [1.82, 2.24) is 10.0 Å². The van der Waals surface area contributed by atoms with E-state index in [2.05, 4.69) is 10.0 Å². The van der Waals surface area contributed by atoms with Crippen molar-refractivity contribution in [2.45, 2.75) is 50.2 Å². The summed E-state index contributed by atoms with van der Waals surface area (Å²) >= 11 is 0. The smallest absolute Gasteiger partial charge is 0.244 e. The first-order chi connectivity index (χ1) is 10.0. The molecule has 120 valence electrons. The Morgan fingerprint density at radius 3 is 2.86 bits per heavy atom. The van der Waals surface area contributed by atoms with Gasteiger partial charge in [-0.3, -0.25) is 0 Å². The molecule has 0 radical (unpaired) electrons. The third kappa shape index (κ3) is 4.54. The van der Waals surface area contributed by atoms with Gasteiger partial charge in [0.25, 0.3) is 0 Å². The van der Waals surface area contributed by atoms with E-state index in [1.807, 2.05) is 0 Å². The summed E-state index contributed by atoms with van der Waals surface area (Å²) in [6.45, 7) is 3.34. The molecule has 1 unspecified atom stereocenters. The molecule has 0 aromatic carbocycles. The fraction of sp³-hybridized carbons (Fsp3) is 0.714. The number of sulfonamides is 1. The number of aryl methyl sites for hydroxylation is 1. The molecule has 7 heteroatoms. The Kier molecular flexibility index (Phi) is 5.80. The van der Waals surface area contributed by atoms with Crippen LogP contribution in [0.5, 0.6) is 0 Å². The van der Waals surface area contributed by atoms with Gasteiger partial charge in [0.2, 0.25) is 10.0 Å². The van der Waals surface area contributed by atoms with Gasteiger partial charge in [-0.1, -0.05) is 0 Å². The van der Waals surface area contributed by atoms with E-state index in [0.29, 0.717) is 31.0 Å². The van der Waals surface area contributed by atoms with Crippen LogP contribution in [0.4, 0.5) is 0 Å². The van der Waals surface area contributed by atoms with Crippen molar-refractivity contribution in [2.75, 3.05) is 20.2 Å². The molecule has 0 saturated carbocycles. The second-order valence-electron chi connectivity index (χ2n) is 5.34. The number of rotatable bonds is 7. The zero-order valence-corrected chi connectivity index (χ0v) is 13.5. The van der Waals surface area contributed by atoms with E-state index >= 15 is 0 Å². The number of hydrogen-bond donors (Lipinski definition) is 2. The summed E-state index contributed by atoms with van der Waals surface area (Å²) in [6.07, 6.45) is 4.15. The van der Waals surface area contributed by atoms with E-state index in [1.165, 1.54) is 0 Å². The second kappa shape index (κ2) is 7.40. The zero-order valence-electron chi connectivity index (χ0n) is 12.6. The average molecular weight is 316 g/mol. The van der Waals surface area contributed by atoms with Crippen molar-refractivity contribution in [3.63, 3.8) is 0 Å². The molecule has 1 saturated heterocycles. The molecule has 1 aliphatic rings. The van der Waals surface area contributed by atoms with E-state index in [9.17, 15) is 8.42 Å². The standard InChI is InChI=1S/C14H24N2O4S/c1-11-14(9-13(20-11)10-15-2)21(17,18)16-7-6-12-5-3-4-8-19-12/h9,12,15-16H,3-8,10H2,1-2H3. The Labute approximate surface area is 126 Å². The minimum atomic E-state index is -3.52. The molecule has 6 nitrogen and oxygen atoms in total. The first-order valence-electron chi connectivity index (χ1n) is 7.38. The second-order valence-corrected chi connectivity index (χ2v) is 7.07. The van der Waals surface area contributed by atoms with E-state index in [1.54, 1.807) is 20.0 Å². The predicted molar refractivity (Wildman–Crippen MR) is 79.6 cm³/mol. The van der Waals surface area contributed by atoms with Gasteiger partial charge in [-0.15, -0.1) is 0 Å². The largest absolute Gasteiger partial charge is 0.464 e. The minimum absolute atomic E-state index is 0.173. The van der Waals surface area contributed by atoms with E-state index in [0.717, 1.165) is 25.9 Å². The molecule has 1 atom stereocenters. The van der Waals surface area contributed by atoms with Gasteiger partial charge in [-0.25, -0.2) is 13.1 Å². The molecular formula is C14H24N2O4S. The van der Waals surface area contributed by atoms with Crippen LogP contribution in [0.1, 0.15) is 37.2 Å². The van der Waals surface area contributed by atoms with Crippen molar-refractivity contribution in [1.29, 1.82) is 0 Å². The Morgan fingerprint density at radius 1 is 1.38 bits per heavy atom. The normalized spacial score (nSPS) is 19.8. The molecule has 1 aromatic rings. The van der Waals surface area contributed by atoms with Crippen LogP contribution in [-0.4, -0.2) is 34.7 Å². The van der Waals surface area contributed by atoms with Crippen LogP contribution in [0, 0.1) is 6.92 Å². The van der Waals surface area contributed by atoms with Crippen LogP contribution in [0.25, 0.3) is 0 Å². The van der Waals surface area contributed by atoms with Crippen LogP contribution >= 0.6 is 0 Å². The lowest BCUT2D eigenvalue weighted by atomic mass is 10.1. The molecule has 1 aromatic heterocycles. The van der Waals surface area contributed by atoms with Crippen molar-refractivity contribution in [2.24, 2.45) is 0 Å². The molecule has 0 bridgehead atoms. The van der Waals surface area contributed by atoms with Crippen molar-refractivity contribution < 1.29 is 17.6 Å². The van der Waals surface area contributed by atoms with Crippen LogP contribution in [0.2, 0.25) is 0 Å². The van der Waals surface area contributed by atoms with Crippen molar-refractivity contribution in [3.8, 4) is 0 Å². The highest BCUT2D eigenvalue weighted by Gasteiger charge is 2.22. The van der Waals surface area contributed by atoms with E-state index in [4.69, 9.17) is 9.15 Å². The van der Waals surface area contributed by atoms with Gasteiger partial charge in [-0.05, 0) is 39.7 Å². The first-order valence-corrected chi connectivity index (χ1v) is 8.86. The molecule has 21 heavy (non-hydrogen) atoms. The maximum Gasteiger partial charge on any atom is 0.244 e. The van der Waals surface area contributed by atoms with Crippen molar-refractivity contribution in [3.05, 3.63) is 17.6 Å². The van der Waals surface area contributed by atoms with E-state index < -0.39 is 10.0 Å². The van der Waals surface area contributed by atoms with Gasteiger partial charge in [0.15, 0.2) is 0 Å². The summed E-state index contributed by atoms with van der Waals surface area (Å²) in [4.78, 5) is 0.220. The lowest BCUT2D eigenvalue weighted by Gasteiger charge is -2.22. The highest BCUT2D eigenvalue weighted by atomic mass is 32.2. The summed E-state index contributed by atoms with van der Waals surface area (Å²) in [5.41, 5.74) is 0. The molecule has 0 spiro atoms. The third-order valence-electron chi connectivity index (χ3n) is 3.60. The number of hydrogen-bond acceptors (Lipinski definition) is 5. The fourth-order valence-corrected chi connectivity index (χ4v) is 3.77. The summed E-state index contributed by atoms with van der Waals surface area (Å²) < 4.78 is 38.2. The Morgan fingerprint density at radius 2 is 2.19 bits per heavy atom. The highest BCUT2D eigenvalue weighted by molar-refractivity contribution is 7.89. The molecule has 0 aliphatic carbocycles. The number of nitrogens with one attached hydrogen (secondary N) is 2. The van der Waals surface area contributed by atoms with Crippen molar-refractivity contribution >= 4 is 10.0 Å². The molecule has 2 rings (SSSR count). The SMILES string of the molecule is CNCc1cc(S(=O)(=O)NCCC2CCCCO2)c(C)o1. The topological polar surface area (TPSA) is 80.6 Å². The maximum atomic E-state index is 12.3. The first kappa shape index (κ1) is 16.5. The molecule has 2 N–H and O–H groups in total. The summed E-state index contributed by atoms with van der Waals surface area (Å²) in [5.74, 6) is 1.03. The van der Waals surface area contributed by atoms with Gasteiger partial charge in [0.1, 0.15) is 16.4 Å². The van der Waals surface area contributed by atoms with Gasteiger partial charge >= 0.3 is 0 Å². The summed E-state index contributed by atoms with van der Waals surface area (Å²) in [7, 11) is -1.73. The lowest BCUT2D eigenvalue weighted by Crippen LogP contribution is -2.29. The Hall–Kier alpha value is -0.890. The quantitative estimate of drug-likeness (QED) is 0.797. The van der Waals surface area contributed by atoms with Crippen LogP contribution in [0.3, 0.4) is 0 Å². The minimum Gasteiger partial charge on any atom is -0.464 e. The van der Waals surface area contributed by atoms with Gasteiger partial charge < -0.3 is 14.5 Å². The Balaban J connectivity index is 1.91. The molecular weight excluding hydrogens is 292 g/mol. The summed E-state index contributed by atoms with van der Waals surface area (Å²) in [5, 5.41) is 2.94. The number of ether oxygens (including phenoxy) is 1. The molecule has 1 aliphatic heterocycles. The molecule has 1 fully saturated rings. The van der Waals surface area contributed by atoms with E-state index in [-0.39, 0.29) is 11.0 Å². The predicted octanol–water partition coefficient (Wildman–Crippen LogP) is 1.54. The number of furan rings is 1. The fourth-order valence-electron chi connectivity index (χ4n) is 2.52. The summed E-state index contributed by atoms with van der Waals surface area (Å²) in [6, 6.07) is 1.57. The van der Waals surface area contributed by atoms with Crippen LogP contribution < -0.4 is 10.0 Å². The Bertz CT molecular complexity index is 547.